The summed E-state index contributed by atoms with van der Waals surface area (Å²) in [7, 11) is -4.63. The lowest BCUT2D eigenvalue weighted by atomic mass is 9.98. The van der Waals surface area contributed by atoms with Crippen LogP contribution in [0, 0.1) is 0 Å². The number of aliphatic hydroxyl groups excluding tert-OH is 1. The Hall–Kier alpha value is -1.29. The predicted molar refractivity (Wildman–Crippen MR) is 60.9 cm³/mol. The molecule has 3 N–H and O–H groups in total. The van der Waals surface area contributed by atoms with E-state index in [0.717, 1.165) is 0 Å². The molecule has 0 radical (unpaired) electrons. The Morgan fingerprint density at radius 1 is 0.960 bits per heavy atom. The number of hydrogen-bond acceptors (Lipinski definition) is 4. The summed E-state index contributed by atoms with van der Waals surface area (Å²) < 4.78 is 142. The van der Waals surface area contributed by atoms with E-state index in [1.54, 1.807) is 0 Å². The van der Waals surface area contributed by atoms with E-state index in [1.807, 2.05) is 0 Å². The fourth-order valence-corrected chi connectivity index (χ4v) is 1.65. The second-order valence-corrected chi connectivity index (χ2v) is 6.22. The summed E-state index contributed by atoms with van der Waals surface area (Å²) in [5.74, 6) is -23.5. The van der Waals surface area contributed by atoms with E-state index in [0.29, 0.717) is 0 Å². The van der Waals surface area contributed by atoms with Crippen LogP contribution in [0.1, 0.15) is 6.42 Å². The van der Waals surface area contributed by atoms with E-state index in [2.05, 4.69) is 0 Å². The fourth-order valence-electron chi connectivity index (χ4n) is 1.29. The number of amides is 1. The zero-order chi connectivity index (χ0) is 20.5. The SMILES string of the molecule is O=C(NCCS(=O)(=O)O)C(O)CC(F)(F)C(F)(F)C(F)(F)C(F)(F)F. The van der Waals surface area contributed by atoms with Crippen LogP contribution >= 0.6 is 0 Å². The molecule has 150 valence electrons. The molecule has 1 unspecified atom stereocenters. The van der Waals surface area contributed by atoms with Gasteiger partial charge < -0.3 is 10.4 Å². The van der Waals surface area contributed by atoms with E-state index in [4.69, 9.17) is 9.66 Å². The summed E-state index contributed by atoms with van der Waals surface area (Å²) in [6.07, 6.45) is -13.0. The third kappa shape index (κ3) is 5.60. The molecule has 0 aromatic carbocycles. The maximum Gasteiger partial charge on any atom is 0.460 e. The van der Waals surface area contributed by atoms with Crippen LogP contribution in [0.2, 0.25) is 0 Å². The first kappa shape index (κ1) is 23.7. The Kier molecular flexibility index (Phi) is 6.77. The van der Waals surface area contributed by atoms with Gasteiger partial charge in [-0.15, -0.1) is 0 Å². The smallest absolute Gasteiger partial charge is 0.383 e. The van der Waals surface area contributed by atoms with Crippen molar-refractivity contribution in [1.29, 1.82) is 0 Å². The number of rotatable bonds is 8. The summed E-state index contributed by atoms with van der Waals surface area (Å²) in [5, 5.41) is 10.3. The van der Waals surface area contributed by atoms with Gasteiger partial charge in [0.05, 0.1) is 12.2 Å². The Morgan fingerprint density at radius 3 is 1.76 bits per heavy atom. The third-order valence-electron chi connectivity index (χ3n) is 2.62. The first-order valence-electron chi connectivity index (χ1n) is 5.87. The van der Waals surface area contributed by atoms with E-state index in [1.165, 1.54) is 5.32 Å². The normalized spacial score (nSPS) is 15.8. The van der Waals surface area contributed by atoms with Crippen molar-refractivity contribution in [3.05, 3.63) is 0 Å². The Labute approximate surface area is 133 Å². The summed E-state index contributed by atoms with van der Waals surface area (Å²) in [4.78, 5) is 11.1. The van der Waals surface area contributed by atoms with Crippen molar-refractivity contribution < 1.29 is 62.4 Å². The Balaban J connectivity index is 5.14. The quantitative estimate of drug-likeness (QED) is 0.409. The third-order valence-corrected chi connectivity index (χ3v) is 3.34. The molecule has 16 heteroatoms. The summed E-state index contributed by atoms with van der Waals surface area (Å²) in [6.45, 7) is -0.991. The second kappa shape index (κ2) is 7.14. The first-order valence-corrected chi connectivity index (χ1v) is 7.48. The molecule has 0 aliphatic carbocycles. The molecule has 0 aliphatic rings. The average molecular weight is 415 g/mol. The number of nitrogens with one attached hydrogen (secondary N) is 1. The van der Waals surface area contributed by atoms with E-state index < -0.39 is 64.8 Å². The van der Waals surface area contributed by atoms with E-state index in [-0.39, 0.29) is 0 Å². The minimum absolute atomic E-state index is 0.991. The summed E-state index contributed by atoms with van der Waals surface area (Å²) >= 11 is 0. The molecule has 25 heavy (non-hydrogen) atoms. The van der Waals surface area contributed by atoms with Crippen LogP contribution in [0.25, 0.3) is 0 Å². The molecule has 0 aromatic rings. The van der Waals surface area contributed by atoms with Gasteiger partial charge in [0.2, 0.25) is 5.91 Å². The van der Waals surface area contributed by atoms with Crippen LogP contribution in [0.3, 0.4) is 0 Å². The molecule has 1 atom stereocenters. The fraction of sp³-hybridized carbons (Fsp3) is 0.889. The Morgan fingerprint density at radius 2 is 1.40 bits per heavy atom. The predicted octanol–water partition coefficient (Wildman–Crippen LogP) is 1.21. The molecule has 0 saturated heterocycles. The highest BCUT2D eigenvalue weighted by Gasteiger charge is 2.81. The largest absolute Gasteiger partial charge is 0.460 e. The number of carbonyl (C=O) groups is 1. The molecule has 0 bridgehead atoms. The number of halogens is 9. The lowest BCUT2D eigenvalue weighted by Gasteiger charge is -2.34. The van der Waals surface area contributed by atoms with Gasteiger partial charge in [0.1, 0.15) is 6.10 Å². The van der Waals surface area contributed by atoms with Gasteiger partial charge >= 0.3 is 23.9 Å². The minimum atomic E-state index is -7.16. The maximum absolute atomic E-state index is 13.1. The molecule has 0 saturated carbocycles. The highest BCUT2D eigenvalue weighted by molar-refractivity contribution is 7.85. The topological polar surface area (TPSA) is 104 Å². The van der Waals surface area contributed by atoms with Gasteiger partial charge in [0.25, 0.3) is 10.1 Å². The highest BCUT2D eigenvalue weighted by atomic mass is 32.2. The zero-order valence-electron chi connectivity index (χ0n) is 11.6. The van der Waals surface area contributed by atoms with Crippen LogP contribution in [-0.4, -0.2) is 66.3 Å². The minimum Gasteiger partial charge on any atom is -0.383 e. The van der Waals surface area contributed by atoms with Crippen molar-refractivity contribution in [2.75, 3.05) is 12.3 Å². The lowest BCUT2D eigenvalue weighted by Crippen LogP contribution is -2.62. The van der Waals surface area contributed by atoms with Crippen molar-refractivity contribution in [2.45, 2.75) is 36.5 Å². The average Bonchev–Trinajstić information content (AvgIpc) is 2.34. The number of alkyl halides is 9. The zero-order valence-corrected chi connectivity index (χ0v) is 12.4. The van der Waals surface area contributed by atoms with Crippen LogP contribution < -0.4 is 5.32 Å². The number of carbonyl (C=O) groups excluding carboxylic acids is 1. The number of aliphatic hydroxyl groups is 1. The second-order valence-electron chi connectivity index (χ2n) is 4.65. The maximum atomic E-state index is 13.1. The molecular formula is C9H10F9NO5S. The van der Waals surface area contributed by atoms with Gasteiger partial charge in [-0.2, -0.15) is 47.9 Å². The van der Waals surface area contributed by atoms with E-state index >= 15 is 0 Å². The van der Waals surface area contributed by atoms with Gasteiger partial charge in [-0.05, 0) is 0 Å². The molecule has 0 aromatic heterocycles. The van der Waals surface area contributed by atoms with Gasteiger partial charge in [-0.25, -0.2) is 0 Å². The van der Waals surface area contributed by atoms with Crippen molar-refractivity contribution in [3.63, 3.8) is 0 Å². The van der Waals surface area contributed by atoms with Crippen LogP contribution in [0.4, 0.5) is 39.5 Å². The first-order chi connectivity index (χ1) is 10.8. The van der Waals surface area contributed by atoms with Crippen LogP contribution in [-0.2, 0) is 14.9 Å². The van der Waals surface area contributed by atoms with Crippen LogP contribution in [0.15, 0.2) is 0 Å². The van der Waals surface area contributed by atoms with Gasteiger partial charge in [-0.1, -0.05) is 0 Å². The summed E-state index contributed by atoms with van der Waals surface area (Å²) in [5.41, 5.74) is 0. The molecule has 0 spiro atoms. The highest BCUT2D eigenvalue weighted by Crippen LogP contribution is 2.54. The van der Waals surface area contributed by atoms with Crippen molar-refractivity contribution in [2.24, 2.45) is 0 Å². The summed E-state index contributed by atoms with van der Waals surface area (Å²) in [6, 6.07) is 0. The van der Waals surface area contributed by atoms with Crippen molar-refractivity contribution in [3.8, 4) is 0 Å². The van der Waals surface area contributed by atoms with Gasteiger partial charge in [0.15, 0.2) is 0 Å². The molecule has 6 nitrogen and oxygen atoms in total. The van der Waals surface area contributed by atoms with Crippen molar-refractivity contribution >= 4 is 16.0 Å². The molecule has 0 heterocycles. The molecule has 1 amide bonds. The lowest BCUT2D eigenvalue weighted by molar-refractivity contribution is -0.397. The van der Waals surface area contributed by atoms with Gasteiger partial charge in [-0.3, -0.25) is 9.35 Å². The monoisotopic (exact) mass is 415 g/mol. The van der Waals surface area contributed by atoms with Gasteiger partial charge in [0, 0.05) is 6.54 Å². The van der Waals surface area contributed by atoms with E-state index in [9.17, 15) is 52.7 Å². The Bertz CT molecular complexity index is 589. The molecule has 0 rings (SSSR count). The number of hydrogen-bond donors (Lipinski definition) is 3. The van der Waals surface area contributed by atoms with Crippen molar-refractivity contribution in [1.82, 2.24) is 5.32 Å². The van der Waals surface area contributed by atoms with Crippen LogP contribution in [0.5, 0.6) is 0 Å². The molecule has 0 aliphatic heterocycles. The standard InChI is InChI=1S/C9H10F9NO5S/c10-6(11,7(12,13)8(14,15)9(16,17)18)3-4(20)5(21)19-1-2-25(22,23)24/h4,20H,1-3H2,(H,19,21)(H,22,23,24). The molecular weight excluding hydrogens is 405 g/mol. The molecule has 0 fully saturated rings.